The first-order valence-electron chi connectivity index (χ1n) is 7.47. The fourth-order valence-electron chi connectivity index (χ4n) is 3.41. The van der Waals surface area contributed by atoms with Crippen LogP contribution in [0.1, 0.15) is 35.3 Å². The standard InChI is InChI=1S/C15H17N3O5/c1-9-11(6-10(8-16-9)18(22)23)13(19)17-4-2-15(3-5-17)7-12(15)14(20)21/h6,8,12H,2-5,7H2,1H3,(H,20,21). The number of carboxylic acids is 1. The highest BCUT2D eigenvalue weighted by atomic mass is 16.6. The fourth-order valence-corrected chi connectivity index (χ4v) is 3.41. The largest absolute Gasteiger partial charge is 0.481 e. The van der Waals surface area contributed by atoms with Crippen molar-refractivity contribution in [2.45, 2.75) is 26.2 Å². The van der Waals surface area contributed by atoms with Gasteiger partial charge < -0.3 is 10.0 Å². The van der Waals surface area contributed by atoms with Gasteiger partial charge in [-0.05, 0) is 31.6 Å². The summed E-state index contributed by atoms with van der Waals surface area (Å²) in [5.41, 5.74) is 0.329. The van der Waals surface area contributed by atoms with E-state index in [1.54, 1.807) is 11.8 Å². The number of carbonyl (C=O) groups excluding carboxylic acids is 1. The molecule has 0 aromatic carbocycles. The van der Waals surface area contributed by atoms with Gasteiger partial charge in [-0.3, -0.25) is 24.7 Å². The summed E-state index contributed by atoms with van der Waals surface area (Å²) >= 11 is 0. The summed E-state index contributed by atoms with van der Waals surface area (Å²) in [6, 6.07) is 1.26. The van der Waals surface area contributed by atoms with Gasteiger partial charge in [-0.25, -0.2) is 0 Å². The molecule has 8 nitrogen and oxygen atoms in total. The van der Waals surface area contributed by atoms with Crippen LogP contribution in [-0.4, -0.2) is 44.9 Å². The van der Waals surface area contributed by atoms with E-state index in [-0.39, 0.29) is 28.5 Å². The van der Waals surface area contributed by atoms with E-state index < -0.39 is 10.9 Å². The maximum atomic E-state index is 12.6. The van der Waals surface area contributed by atoms with E-state index in [1.807, 2.05) is 0 Å². The van der Waals surface area contributed by atoms with Gasteiger partial charge in [0.15, 0.2) is 0 Å². The van der Waals surface area contributed by atoms with Crippen molar-refractivity contribution in [3.8, 4) is 0 Å². The zero-order valence-electron chi connectivity index (χ0n) is 12.7. The first-order chi connectivity index (χ1) is 10.8. The summed E-state index contributed by atoms with van der Waals surface area (Å²) in [6.07, 6.45) is 3.15. The van der Waals surface area contributed by atoms with Gasteiger partial charge in [-0.2, -0.15) is 0 Å². The number of nitro groups is 1. The molecule has 8 heteroatoms. The van der Waals surface area contributed by atoms with E-state index in [0.29, 0.717) is 38.0 Å². The number of hydrogen-bond donors (Lipinski definition) is 1. The highest BCUT2D eigenvalue weighted by Gasteiger charge is 2.59. The summed E-state index contributed by atoms with van der Waals surface area (Å²) < 4.78 is 0. The summed E-state index contributed by atoms with van der Waals surface area (Å²) in [7, 11) is 0. The minimum Gasteiger partial charge on any atom is -0.481 e. The second-order valence-electron chi connectivity index (χ2n) is 6.33. The zero-order chi connectivity index (χ0) is 16.8. The van der Waals surface area contributed by atoms with E-state index in [9.17, 15) is 19.7 Å². The second-order valence-corrected chi connectivity index (χ2v) is 6.33. The van der Waals surface area contributed by atoms with E-state index in [1.165, 1.54) is 6.07 Å². The van der Waals surface area contributed by atoms with Crippen LogP contribution in [-0.2, 0) is 4.79 Å². The van der Waals surface area contributed by atoms with Crippen LogP contribution in [0.5, 0.6) is 0 Å². The third-order valence-electron chi connectivity index (χ3n) is 5.05. The molecule has 2 fully saturated rings. The monoisotopic (exact) mass is 319 g/mol. The zero-order valence-corrected chi connectivity index (χ0v) is 12.7. The molecule has 1 aliphatic carbocycles. The van der Waals surface area contributed by atoms with Crippen LogP contribution >= 0.6 is 0 Å². The van der Waals surface area contributed by atoms with Crippen LogP contribution in [0.25, 0.3) is 0 Å². The average molecular weight is 319 g/mol. The predicted molar refractivity (Wildman–Crippen MR) is 78.9 cm³/mol. The summed E-state index contributed by atoms with van der Waals surface area (Å²) in [5.74, 6) is -1.33. The number of pyridine rings is 1. The van der Waals surface area contributed by atoms with E-state index >= 15 is 0 Å². The molecule has 1 spiro atoms. The number of aliphatic carboxylic acids is 1. The Balaban J connectivity index is 1.72. The van der Waals surface area contributed by atoms with Crippen LogP contribution in [0, 0.1) is 28.4 Å². The number of aryl methyl sites for hydroxylation is 1. The van der Waals surface area contributed by atoms with Gasteiger partial charge in [0.25, 0.3) is 11.6 Å². The summed E-state index contributed by atoms with van der Waals surface area (Å²) in [4.78, 5) is 39.5. The Morgan fingerprint density at radius 1 is 1.43 bits per heavy atom. The van der Waals surface area contributed by atoms with Crippen LogP contribution in [0.2, 0.25) is 0 Å². The smallest absolute Gasteiger partial charge is 0.307 e. The number of amides is 1. The molecular weight excluding hydrogens is 302 g/mol. The van der Waals surface area contributed by atoms with Gasteiger partial charge in [0.1, 0.15) is 6.20 Å². The third-order valence-corrected chi connectivity index (χ3v) is 5.05. The van der Waals surface area contributed by atoms with Crippen LogP contribution in [0.3, 0.4) is 0 Å². The number of likely N-dealkylation sites (tertiary alicyclic amines) is 1. The molecular formula is C15H17N3O5. The quantitative estimate of drug-likeness (QED) is 0.669. The van der Waals surface area contributed by atoms with E-state index in [0.717, 1.165) is 6.20 Å². The van der Waals surface area contributed by atoms with E-state index in [4.69, 9.17) is 5.11 Å². The molecule has 3 rings (SSSR count). The normalized spacial score (nSPS) is 22.0. The third kappa shape index (κ3) is 2.64. The highest BCUT2D eigenvalue weighted by Crippen LogP contribution is 2.59. The molecule has 122 valence electrons. The lowest BCUT2D eigenvalue weighted by Gasteiger charge is -2.32. The van der Waals surface area contributed by atoms with Crippen LogP contribution < -0.4 is 0 Å². The highest BCUT2D eigenvalue weighted by molar-refractivity contribution is 5.95. The van der Waals surface area contributed by atoms with Gasteiger partial charge in [0, 0.05) is 19.2 Å². The maximum absolute atomic E-state index is 12.6. The molecule has 1 saturated heterocycles. The van der Waals surface area contributed by atoms with Gasteiger partial charge in [-0.15, -0.1) is 0 Å². The molecule has 1 atom stereocenters. The molecule has 1 amide bonds. The Labute approximate surface area is 132 Å². The topological polar surface area (TPSA) is 114 Å². The van der Waals surface area contributed by atoms with E-state index in [2.05, 4.69) is 4.98 Å². The van der Waals surface area contributed by atoms with Crippen molar-refractivity contribution >= 4 is 17.6 Å². The lowest BCUT2D eigenvalue weighted by molar-refractivity contribution is -0.385. The molecule has 2 heterocycles. The number of piperidine rings is 1. The molecule has 23 heavy (non-hydrogen) atoms. The molecule has 1 aromatic rings. The minimum absolute atomic E-state index is 0.154. The van der Waals surface area contributed by atoms with Crippen molar-refractivity contribution in [2.24, 2.45) is 11.3 Å². The van der Waals surface area contributed by atoms with Crippen molar-refractivity contribution in [3.63, 3.8) is 0 Å². The van der Waals surface area contributed by atoms with Crippen LogP contribution in [0.4, 0.5) is 5.69 Å². The van der Waals surface area contributed by atoms with Crippen molar-refractivity contribution in [2.75, 3.05) is 13.1 Å². The van der Waals surface area contributed by atoms with Gasteiger partial charge in [-0.1, -0.05) is 0 Å². The SMILES string of the molecule is Cc1ncc([N+](=O)[O-])cc1C(=O)N1CCC2(CC1)CC2C(=O)O. The first kappa shape index (κ1) is 15.4. The average Bonchev–Trinajstić information content (AvgIpc) is 3.21. The van der Waals surface area contributed by atoms with Gasteiger partial charge >= 0.3 is 5.97 Å². The fraction of sp³-hybridized carbons (Fsp3) is 0.533. The minimum atomic E-state index is -0.761. The number of rotatable bonds is 3. The maximum Gasteiger partial charge on any atom is 0.307 e. The summed E-state index contributed by atoms with van der Waals surface area (Å²) in [5, 5.41) is 19.9. The molecule has 1 aliphatic heterocycles. The molecule has 0 radical (unpaired) electrons. The van der Waals surface area contributed by atoms with Crippen molar-refractivity contribution in [1.82, 2.24) is 9.88 Å². The van der Waals surface area contributed by atoms with Crippen molar-refractivity contribution in [3.05, 3.63) is 33.6 Å². The molecule has 0 bridgehead atoms. The predicted octanol–water partition coefficient (Wildman–Crippen LogP) is 1.63. The molecule has 1 saturated carbocycles. The molecule has 1 unspecified atom stereocenters. The number of carboxylic acid groups (broad SMARTS) is 1. The molecule has 2 aliphatic rings. The van der Waals surface area contributed by atoms with Gasteiger partial charge in [0.2, 0.25) is 0 Å². The number of nitrogens with zero attached hydrogens (tertiary/aromatic N) is 3. The second kappa shape index (κ2) is 5.29. The number of carbonyl (C=O) groups is 2. The Bertz CT molecular complexity index is 694. The van der Waals surface area contributed by atoms with Crippen molar-refractivity contribution in [1.29, 1.82) is 0 Å². The Morgan fingerprint density at radius 2 is 2.09 bits per heavy atom. The van der Waals surface area contributed by atoms with Gasteiger partial charge in [0.05, 0.1) is 22.1 Å². The molecule has 1 aromatic heterocycles. The lowest BCUT2D eigenvalue weighted by Crippen LogP contribution is -2.40. The summed E-state index contributed by atoms with van der Waals surface area (Å²) in [6.45, 7) is 2.60. The molecule has 1 N–H and O–H groups in total. The Morgan fingerprint density at radius 3 is 2.61 bits per heavy atom. The van der Waals surface area contributed by atoms with Crippen molar-refractivity contribution < 1.29 is 19.6 Å². The van der Waals surface area contributed by atoms with Crippen LogP contribution in [0.15, 0.2) is 12.3 Å². The Hall–Kier alpha value is -2.51. The number of hydrogen-bond acceptors (Lipinski definition) is 5. The first-order valence-corrected chi connectivity index (χ1v) is 7.47. The number of aromatic nitrogens is 1. The Kier molecular flexibility index (Phi) is 3.54. The lowest BCUT2D eigenvalue weighted by atomic mass is 9.90.